The average molecular weight is 288 g/mol. The molecule has 112 valence electrons. The topological polar surface area (TPSA) is 36.4 Å². The molecule has 1 N–H and O–H groups in total. The molecule has 0 amide bonds. The molecule has 1 aromatic carbocycles. The van der Waals surface area contributed by atoms with E-state index in [2.05, 4.69) is 4.98 Å². The zero-order valence-corrected chi connectivity index (χ0v) is 12.7. The number of aliphatic hydroxyl groups excluding tert-OH is 1. The van der Waals surface area contributed by atoms with Crippen LogP contribution in [0, 0.1) is 12.7 Å². The second-order valence-corrected chi connectivity index (χ2v) is 5.17. The summed E-state index contributed by atoms with van der Waals surface area (Å²) in [6.45, 7) is 6.79. The lowest BCUT2D eigenvalue weighted by atomic mass is 10.1. The molecule has 0 unspecified atom stereocenters. The molecule has 0 saturated carbocycles. The first-order valence-corrected chi connectivity index (χ1v) is 7.16. The van der Waals surface area contributed by atoms with E-state index in [1.165, 1.54) is 6.07 Å². The minimum atomic E-state index is -0.665. The SMILES string of the molecule is CCN(Cc1cccc(C)n1)c1ccc([C@H](C)O)cc1F. The first-order valence-electron chi connectivity index (χ1n) is 7.16. The Hall–Kier alpha value is -1.94. The maximum absolute atomic E-state index is 14.3. The number of hydrogen-bond donors (Lipinski definition) is 1. The van der Waals surface area contributed by atoms with E-state index >= 15 is 0 Å². The van der Waals surface area contributed by atoms with Crippen LogP contribution < -0.4 is 4.90 Å². The summed E-state index contributed by atoms with van der Waals surface area (Å²) in [7, 11) is 0. The summed E-state index contributed by atoms with van der Waals surface area (Å²) in [5, 5.41) is 9.51. The number of anilines is 1. The molecule has 1 heterocycles. The second kappa shape index (κ2) is 6.68. The Bertz CT molecular complexity index is 613. The molecule has 2 aromatic rings. The van der Waals surface area contributed by atoms with Gasteiger partial charge >= 0.3 is 0 Å². The third-order valence-electron chi connectivity index (χ3n) is 3.48. The fraction of sp³-hybridized carbons (Fsp3) is 0.353. The highest BCUT2D eigenvalue weighted by atomic mass is 19.1. The van der Waals surface area contributed by atoms with E-state index < -0.39 is 6.10 Å². The predicted octanol–water partition coefficient (Wildman–Crippen LogP) is 3.61. The largest absolute Gasteiger partial charge is 0.389 e. The molecular weight excluding hydrogens is 267 g/mol. The molecule has 2 rings (SSSR count). The monoisotopic (exact) mass is 288 g/mol. The van der Waals surface area contributed by atoms with E-state index in [0.717, 1.165) is 11.4 Å². The van der Waals surface area contributed by atoms with Crippen molar-refractivity contribution in [1.29, 1.82) is 0 Å². The van der Waals surface area contributed by atoms with Crippen molar-refractivity contribution >= 4 is 5.69 Å². The first kappa shape index (κ1) is 15.4. The highest BCUT2D eigenvalue weighted by Gasteiger charge is 2.13. The van der Waals surface area contributed by atoms with Gasteiger partial charge in [-0.05, 0) is 50.6 Å². The predicted molar refractivity (Wildman–Crippen MR) is 82.7 cm³/mol. The summed E-state index contributed by atoms with van der Waals surface area (Å²) < 4.78 is 14.3. The normalized spacial score (nSPS) is 12.2. The van der Waals surface area contributed by atoms with Crippen LogP contribution in [0.3, 0.4) is 0 Å². The van der Waals surface area contributed by atoms with E-state index in [0.29, 0.717) is 24.3 Å². The smallest absolute Gasteiger partial charge is 0.146 e. The molecule has 21 heavy (non-hydrogen) atoms. The lowest BCUT2D eigenvalue weighted by Gasteiger charge is -2.24. The van der Waals surface area contributed by atoms with Crippen LogP contribution in [0.5, 0.6) is 0 Å². The van der Waals surface area contributed by atoms with Crippen LogP contribution in [0.2, 0.25) is 0 Å². The Morgan fingerprint density at radius 2 is 2.05 bits per heavy atom. The summed E-state index contributed by atoms with van der Waals surface area (Å²) in [5.41, 5.74) is 2.98. The average Bonchev–Trinajstić information content (AvgIpc) is 2.45. The van der Waals surface area contributed by atoms with Gasteiger partial charge in [-0.2, -0.15) is 0 Å². The molecule has 0 saturated heterocycles. The van der Waals surface area contributed by atoms with Gasteiger partial charge in [-0.3, -0.25) is 4.98 Å². The zero-order chi connectivity index (χ0) is 15.4. The number of aromatic nitrogens is 1. The molecule has 4 heteroatoms. The molecule has 0 aliphatic heterocycles. The lowest BCUT2D eigenvalue weighted by molar-refractivity contribution is 0.199. The molecule has 1 atom stereocenters. The van der Waals surface area contributed by atoms with Crippen molar-refractivity contribution < 1.29 is 9.50 Å². The van der Waals surface area contributed by atoms with Crippen molar-refractivity contribution in [2.45, 2.75) is 33.4 Å². The summed E-state index contributed by atoms with van der Waals surface area (Å²) in [5.74, 6) is -0.317. The van der Waals surface area contributed by atoms with Crippen molar-refractivity contribution in [3.8, 4) is 0 Å². The lowest BCUT2D eigenvalue weighted by Crippen LogP contribution is -2.24. The van der Waals surface area contributed by atoms with Crippen LogP contribution in [-0.4, -0.2) is 16.6 Å². The minimum absolute atomic E-state index is 0.317. The van der Waals surface area contributed by atoms with E-state index in [1.54, 1.807) is 19.1 Å². The van der Waals surface area contributed by atoms with Gasteiger partial charge in [-0.15, -0.1) is 0 Å². The van der Waals surface area contributed by atoms with Gasteiger partial charge in [0.05, 0.1) is 24.0 Å². The number of benzene rings is 1. The number of halogens is 1. The van der Waals surface area contributed by atoms with Crippen LogP contribution in [0.4, 0.5) is 10.1 Å². The van der Waals surface area contributed by atoms with Crippen LogP contribution in [0.1, 0.15) is 36.9 Å². The first-order chi connectivity index (χ1) is 10.0. The molecule has 0 aliphatic rings. The highest BCUT2D eigenvalue weighted by molar-refractivity contribution is 5.49. The summed E-state index contributed by atoms with van der Waals surface area (Å²) >= 11 is 0. The van der Waals surface area contributed by atoms with E-state index in [1.807, 2.05) is 36.9 Å². The van der Waals surface area contributed by atoms with Crippen molar-refractivity contribution in [2.75, 3.05) is 11.4 Å². The molecule has 0 bridgehead atoms. The van der Waals surface area contributed by atoms with Gasteiger partial charge < -0.3 is 10.0 Å². The molecule has 0 fully saturated rings. The van der Waals surface area contributed by atoms with Crippen molar-refractivity contribution in [3.63, 3.8) is 0 Å². The van der Waals surface area contributed by atoms with Gasteiger partial charge in [-0.25, -0.2) is 4.39 Å². The minimum Gasteiger partial charge on any atom is -0.389 e. The number of pyridine rings is 1. The Morgan fingerprint density at radius 3 is 2.62 bits per heavy atom. The number of hydrogen-bond acceptors (Lipinski definition) is 3. The molecule has 0 radical (unpaired) electrons. The van der Waals surface area contributed by atoms with Gasteiger partial charge in [0, 0.05) is 12.2 Å². The molecule has 0 aliphatic carbocycles. The summed E-state index contributed by atoms with van der Waals surface area (Å²) in [4.78, 5) is 6.39. The van der Waals surface area contributed by atoms with E-state index in [9.17, 15) is 9.50 Å². The van der Waals surface area contributed by atoms with Gasteiger partial charge in [-0.1, -0.05) is 12.1 Å². The van der Waals surface area contributed by atoms with Crippen LogP contribution in [-0.2, 0) is 6.54 Å². The van der Waals surface area contributed by atoms with Crippen molar-refractivity contribution in [2.24, 2.45) is 0 Å². The third kappa shape index (κ3) is 3.79. The third-order valence-corrected chi connectivity index (χ3v) is 3.48. The number of rotatable bonds is 5. The highest BCUT2D eigenvalue weighted by Crippen LogP contribution is 2.24. The molecule has 0 spiro atoms. The van der Waals surface area contributed by atoms with Gasteiger partial charge in [0.15, 0.2) is 0 Å². The number of aryl methyl sites for hydroxylation is 1. The summed E-state index contributed by atoms with van der Waals surface area (Å²) in [6, 6.07) is 10.7. The number of nitrogens with zero attached hydrogens (tertiary/aromatic N) is 2. The zero-order valence-electron chi connectivity index (χ0n) is 12.7. The maximum Gasteiger partial charge on any atom is 0.146 e. The van der Waals surface area contributed by atoms with Crippen LogP contribution in [0.15, 0.2) is 36.4 Å². The second-order valence-electron chi connectivity index (χ2n) is 5.17. The van der Waals surface area contributed by atoms with Crippen LogP contribution in [0.25, 0.3) is 0 Å². The van der Waals surface area contributed by atoms with Gasteiger partial charge in [0.1, 0.15) is 5.82 Å². The Labute approximate surface area is 125 Å². The fourth-order valence-corrected chi connectivity index (χ4v) is 2.29. The van der Waals surface area contributed by atoms with Crippen molar-refractivity contribution in [3.05, 3.63) is 59.2 Å². The summed E-state index contributed by atoms with van der Waals surface area (Å²) in [6.07, 6.45) is -0.665. The quantitative estimate of drug-likeness (QED) is 0.913. The molecule has 3 nitrogen and oxygen atoms in total. The maximum atomic E-state index is 14.3. The van der Waals surface area contributed by atoms with E-state index in [4.69, 9.17) is 0 Å². The van der Waals surface area contributed by atoms with E-state index in [-0.39, 0.29) is 5.82 Å². The van der Waals surface area contributed by atoms with Gasteiger partial charge in [0.2, 0.25) is 0 Å². The molecule has 1 aromatic heterocycles. The Kier molecular flexibility index (Phi) is 4.91. The Balaban J connectivity index is 2.25. The fourth-order valence-electron chi connectivity index (χ4n) is 2.29. The van der Waals surface area contributed by atoms with Gasteiger partial charge in [0.25, 0.3) is 0 Å². The number of aliphatic hydroxyl groups is 1. The van der Waals surface area contributed by atoms with Crippen LogP contribution >= 0.6 is 0 Å². The standard InChI is InChI=1S/C17H21FN2O/c1-4-20(11-15-7-5-6-12(2)19-15)17-9-8-14(13(3)21)10-16(17)18/h5-10,13,21H,4,11H2,1-3H3/t13-/m0/s1. The Morgan fingerprint density at radius 1 is 1.29 bits per heavy atom. The molecular formula is C17H21FN2O. The van der Waals surface area contributed by atoms with Crippen molar-refractivity contribution in [1.82, 2.24) is 4.98 Å².